The topological polar surface area (TPSA) is 26.0 Å². The molecule has 0 saturated heterocycles. The summed E-state index contributed by atoms with van der Waals surface area (Å²) < 4.78 is 0. The van der Waals surface area contributed by atoms with E-state index < -0.39 is 0 Å². The molecule has 0 aliphatic rings. The van der Waals surface area contributed by atoms with E-state index in [-0.39, 0.29) is 6.04 Å². The number of hydrogen-bond donors (Lipinski definition) is 1. The Balaban J connectivity index is 2.13. The number of aryl methyl sites for hydroxylation is 1. The largest absolute Gasteiger partial charge is 0.324 e. The van der Waals surface area contributed by atoms with Gasteiger partial charge in [-0.1, -0.05) is 54.9 Å². The van der Waals surface area contributed by atoms with Crippen LogP contribution >= 0.6 is 11.6 Å². The summed E-state index contributed by atoms with van der Waals surface area (Å²) in [7, 11) is 0. The highest BCUT2D eigenvalue weighted by molar-refractivity contribution is 6.30. The van der Waals surface area contributed by atoms with Crippen LogP contribution in [0.4, 0.5) is 0 Å². The second kappa shape index (κ2) is 6.03. The molecule has 1 atom stereocenters. The molecule has 0 aliphatic carbocycles. The van der Waals surface area contributed by atoms with Crippen LogP contribution in [0.1, 0.15) is 29.7 Å². The van der Waals surface area contributed by atoms with Crippen LogP contribution in [0.3, 0.4) is 0 Å². The Morgan fingerprint density at radius 1 is 1.06 bits per heavy atom. The molecule has 0 bridgehead atoms. The first kappa shape index (κ1) is 13.1. The summed E-state index contributed by atoms with van der Waals surface area (Å²) in [5.41, 5.74) is 9.95. The third-order valence-corrected chi connectivity index (χ3v) is 3.37. The van der Waals surface area contributed by atoms with E-state index in [1.807, 2.05) is 18.2 Å². The van der Waals surface area contributed by atoms with Crippen molar-refractivity contribution in [1.29, 1.82) is 0 Å². The summed E-state index contributed by atoms with van der Waals surface area (Å²) in [6, 6.07) is 16.4. The van der Waals surface area contributed by atoms with Crippen LogP contribution in [0.2, 0.25) is 5.02 Å². The van der Waals surface area contributed by atoms with Gasteiger partial charge in [-0.2, -0.15) is 0 Å². The molecule has 2 aromatic carbocycles. The van der Waals surface area contributed by atoms with Crippen LogP contribution in [0.15, 0.2) is 48.5 Å². The maximum absolute atomic E-state index is 6.26. The van der Waals surface area contributed by atoms with E-state index in [2.05, 4.69) is 37.3 Å². The monoisotopic (exact) mass is 259 g/mol. The smallest absolute Gasteiger partial charge is 0.0408 e. The van der Waals surface area contributed by atoms with Crippen molar-refractivity contribution in [2.24, 2.45) is 5.73 Å². The van der Waals surface area contributed by atoms with Crippen LogP contribution in [0.5, 0.6) is 0 Å². The first-order valence-electron chi connectivity index (χ1n) is 6.28. The lowest BCUT2D eigenvalue weighted by Gasteiger charge is -2.13. The van der Waals surface area contributed by atoms with Gasteiger partial charge in [0.2, 0.25) is 0 Å². The molecule has 0 aromatic heterocycles. The highest BCUT2D eigenvalue weighted by Crippen LogP contribution is 2.19. The van der Waals surface area contributed by atoms with Crippen molar-refractivity contribution in [1.82, 2.24) is 0 Å². The summed E-state index contributed by atoms with van der Waals surface area (Å²) in [6.45, 7) is 2.15. The Kier molecular flexibility index (Phi) is 4.40. The molecule has 18 heavy (non-hydrogen) atoms. The van der Waals surface area contributed by atoms with E-state index in [0.29, 0.717) is 0 Å². The van der Waals surface area contributed by atoms with Gasteiger partial charge in [-0.15, -0.1) is 0 Å². The third kappa shape index (κ3) is 3.34. The second-order valence-electron chi connectivity index (χ2n) is 4.54. The first-order chi connectivity index (χ1) is 8.69. The summed E-state index contributed by atoms with van der Waals surface area (Å²) in [5, 5.41) is 0.766. The normalized spacial score (nSPS) is 12.4. The van der Waals surface area contributed by atoms with Gasteiger partial charge in [0.25, 0.3) is 0 Å². The van der Waals surface area contributed by atoms with Gasteiger partial charge in [0.05, 0.1) is 0 Å². The molecule has 0 fully saturated rings. The number of benzene rings is 2. The first-order valence-corrected chi connectivity index (χ1v) is 6.65. The van der Waals surface area contributed by atoms with Gasteiger partial charge >= 0.3 is 0 Å². The highest BCUT2D eigenvalue weighted by atomic mass is 35.5. The van der Waals surface area contributed by atoms with E-state index in [1.165, 1.54) is 16.7 Å². The number of nitrogens with two attached hydrogens (primary N) is 1. The Morgan fingerprint density at radius 3 is 2.50 bits per heavy atom. The summed E-state index contributed by atoms with van der Waals surface area (Å²) >= 11 is 5.98. The molecule has 0 heterocycles. The molecule has 0 saturated carbocycles. The molecule has 0 radical (unpaired) electrons. The molecule has 94 valence electrons. The average molecular weight is 260 g/mol. The summed E-state index contributed by atoms with van der Waals surface area (Å²) in [4.78, 5) is 0. The molecule has 0 aliphatic heterocycles. The van der Waals surface area contributed by atoms with Crippen molar-refractivity contribution in [3.8, 4) is 0 Å². The number of rotatable bonds is 4. The molecule has 2 aromatic rings. The lowest BCUT2D eigenvalue weighted by Crippen LogP contribution is -2.13. The quantitative estimate of drug-likeness (QED) is 0.877. The van der Waals surface area contributed by atoms with Gasteiger partial charge in [-0.3, -0.25) is 0 Å². The van der Waals surface area contributed by atoms with Crippen LogP contribution in [-0.2, 0) is 12.8 Å². The van der Waals surface area contributed by atoms with E-state index in [4.69, 9.17) is 17.3 Å². The zero-order valence-corrected chi connectivity index (χ0v) is 11.3. The van der Waals surface area contributed by atoms with Gasteiger partial charge in [0.1, 0.15) is 0 Å². The molecule has 2 heteroatoms. The zero-order chi connectivity index (χ0) is 13.0. The van der Waals surface area contributed by atoms with E-state index >= 15 is 0 Å². The number of halogens is 1. The molecule has 1 unspecified atom stereocenters. The van der Waals surface area contributed by atoms with Crippen molar-refractivity contribution in [3.63, 3.8) is 0 Å². The Labute approximate surface area is 114 Å². The maximum atomic E-state index is 6.26. The van der Waals surface area contributed by atoms with Crippen molar-refractivity contribution in [2.45, 2.75) is 25.8 Å². The Morgan fingerprint density at radius 2 is 1.78 bits per heavy atom. The van der Waals surface area contributed by atoms with Crippen LogP contribution in [0.25, 0.3) is 0 Å². The molecule has 2 N–H and O–H groups in total. The van der Waals surface area contributed by atoms with Crippen LogP contribution in [0, 0.1) is 0 Å². The molecule has 2 rings (SSSR count). The van der Waals surface area contributed by atoms with Crippen LogP contribution < -0.4 is 5.73 Å². The van der Waals surface area contributed by atoms with Gasteiger partial charge in [0, 0.05) is 11.1 Å². The van der Waals surface area contributed by atoms with Gasteiger partial charge in [-0.05, 0) is 41.7 Å². The van der Waals surface area contributed by atoms with Gasteiger partial charge in [-0.25, -0.2) is 0 Å². The van der Waals surface area contributed by atoms with Crippen molar-refractivity contribution in [2.75, 3.05) is 0 Å². The Hall–Kier alpha value is -1.31. The van der Waals surface area contributed by atoms with Crippen molar-refractivity contribution >= 4 is 11.6 Å². The van der Waals surface area contributed by atoms with Gasteiger partial charge < -0.3 is 5.73 Å². The second-order valence-corrected chi connectivity index (χ2v) is 4.98. The lowest BCUT2D eigenvalue weighted by molar-refractivity contribution is 0.720. The zero-order valence-electron chi connectivity index (χ0n) is 10.6. The fraction of sp³-hybridized carbons (Fsp3) is 0.250. The third-order valence-electron chi connectivity index (χ3n) is 3.13. The lowest BCUT2D eigenvalue weighted by atomic mass is 9.98. The predicted octanol–water partition coefficient (Wildman–Crippen LogP) is 4.14. The fourth-order valence-electron chi connectivity index (χ4n) is 2.08. The number of hydrogen-bond acceptors (Lipinski definition) is 1. The summed E-state index contributed by atoms with van der Waals surface area (Å²) in [5.74, 6) is 0. The van der Waals surface area contributed by atoms with Crippen molar-refractivity contribution < 1.29 is 0 Å². The fourth-order valence-corrected chi connectivity index (χ4v) is 2.29. The SMILES string of the molecule is CCc1cccc(C(N)Cc2cccc(Cl)c2)c1. The van der Waals surface area contributed by atoms with E-state index in [1.54, 1.807) is 0 Å². The minimum atomic E-state index is 0.0231. The predicted molar refractivity (Wildman–Crippen MR) is 77.9 cm³/mol. The standard InChI is InChI=1S/C16H18ClN/c1-2-12-5-3-7-14(9-12)16(18)11-13-6-4-8-15(17)10-13/h3-10,16H,2,11,18H2,1H3. The van der Waals surface area contributed by atoms with Crippen molar-refractivity contribution in [3.05, 3.63) is 70.2 Å². The van der Waals surface area contributed by atoms with Crippen LogP contribution in [-0.4, -0.2) is 0 Å². The van der Waals surface area contributed by atoms with E-state index in [9.17, 15) is 0 Å². The Bertz CT molecular complexity index is 522. The summed E-state index contributed by atoms with van der Waals surface area (Å²) in [6.07, 6.45) is 1.85. The molecular weight excluding hydrogens is 242 g/mol. The molecule has 0 spiro atoms. The maximum Gasteiger partial charge on any atom is 0.0408 e. The minimum absolute atomic E-state index is 0.0231. The average Bonchev–Trinajstić information content (AvgIpc) is 2.39. The molecule has 0 amide bonds. The van der Waals surface area contributed by atoms with E-state index in [0.717, 1.165) is 17.9 Å². The highest BCUT2D eigenvalue weighted by Gasteiger charge is 2.07. The molecule has 1 nitrogen and oxygen atoms in total. The van der Waals surface area contributed by atoms with Gasteiger partial charge in [0.15, 0.2) is 0 Å². The minimum Gasteiger partial charge on any atom is -0.324 e. The molecular formula is C16H18ClN.